The van der Waals surface area contributed by atoms with Crippen LogP contribution in [0, 0.1) is 5.82 Å². The molecule has 32 heavy (non-hydrogen) atoms. The summed E-state index contributed by atoms with van der Waals surface area (Å²) < 4.78 is 45.6. The zero-order valence-corrected chi connectivity index (χ0v) is 18.8. The Bertz CT molecular complexity index is 1090. The molecule has 3 N–H and O–H groups in total. The topological polar surface area (TPSA) is 114 Å². The summed E-state index contributed by atoms with van der Waals surface area (Å²) in [7, 11) is -3.86. The van der Waals surface area contributed by atoms with Crippen molar-refractivity contribution in [3.63, 3.8) is 0 Å². The lowest BCUT2D eigenvalue weighted by atomic mass is 10.2. The summed E-state index contributed by atoms with van der Waals surface area (Å²) >= 11 is 0. The molecule has 0 bridgehead atoms. The van der Waals surface area contributed by atoms with Crippen molar-refractivity contribution in [1.29, 1.82) is 0 Å². The molecule has 0 saturated carbocycles. The Morgan fingerprint density at radius 1 is 1.06 bits per heavy atom. The molecule has 0 fully saturated rings. The highest BCUT2D eigenvalue weighted by atomic mass is 32.2. The van der Waals surface area contributed by atoms with Crippen LogP contribution in [0.1, 0.15) is 26.3 Å². The molecule has 2 amide bonds. The molecule has 0 radical (unpaired) electrons. The third-order valence-electron chi connectivity index (χ3n) is 3.77. The predicted octanol–water partition coefficient (Wildman–Crippen LogP) is 3.28. The molecule has 0 aliphatic heterocycles. The maximum atomic E-state index is 13.2. The number of nitrogens with one attached hydrogen (secondary N) is 3. The Morgan fingerprint density at radius 3 is 2.47 bits per heavy atom. The van der Waals surface area contributed by atoms with E-state index in [1.807, 2.05) is 0 Å². The SMILES string of the molecule is CC(C)(C)OC(=O)NCCNS(=O)(=O)c1cccc(NC(=O)/C=C/c2cccc(F)c2)c1. The lowest BCUT2D eigenvalue weighted by Crippen LogP contribution is -2.37. The van der Waals surface area contributed by atoms with Gasteiger partial charge in [-0.25, -0.2) is 22.3 Å². The normalized spacial score (nSPS) is 11.9. The van der Waals surface area contributed by atoms with E-state index in [0.29, 0.717) is 5.56 Å². The average Bonchev–Trinajstić information content (AvgIpc) is 2.69. The monoisotopic (exact) mass is 463 g/mol. The van der Waals surface area contributed by atoms with Crippen LogP contribution in [0.3, 0.4) is 0 Å². The van der Waals surface area contributed by atoms with Gasteiger partial charge in [0.05, 0.1) is 4.90 Å². The molecule has 10 heteroatoms. The number of carbonyl (C=O) groups is 2. The van der Waals surface area contributed by atoms with E-state index in [1.165, 1.54) is 54.6 Å². The van der Waals surface area contributed by atoms with E-state index >= 15 is 0 Å². The van der Waals surface area contributed by atoms with Crippen LogP contribution in [0.25, 0.3) is 6.08 Å². The van der Waals surface area contributed by atoms with Crippen molar-refractivity contribution >= 4 is 33.8 Å². The average molecular weight is 464 g/mol. The molecule has 0 saturated heterocycles. The minimum Gasteiger partial charge on any atom is -0.444 e. The molecule has 0 aliphatic rings. The summed E-state index contributed by atoms with van der Waals surface area (Å²) in [5.74, 6) is -0.919. The lowest BCUT2D eigenvalue weighted by Gasteiger charge is -2.19. The number of rotatable bonds is 8. The number of alkyl carbamates (subject to hydrolysis) is 1. The van der Waals surface area contributed by atoms with Gasteiger partial charge in [-0.1, -0.05) is 18.2 Å². The number of sulfonamides is 1. The van der Waals surface area contributed by atoms with Crippen molar-refractivity contribution in [2.45, 2.75) is 31.3 Å². The van der Waals surface area contributed by atoms with Crippen LogP contribution in [-0.4, -0.2) is 39.1 Å². The molecule has 0 aromatic heterocycles. The second-order valence-electron chi connectivity index (χ2n) is 7.73. The molecule has 0 spiro atoms. The van der Waals surface area contributed by atoms with Gasteiger partial charge in [0.2, 0.25) is 15.9 Å². The molecule has 8 nitrogen and oxygen atoms in total. The van der Waals surface area contributed by atoms with Gasteiger partial charge >= 0.3 is 6.09 Å². The summed E-state index contributed by atoms with van der Waals surface area (Å²) in [6.07, 6.45) is 2.02. The van der Waals surface area contributed by atoms with E-state index in [1.54, 1.807) is 26.8 Å². The standard InChI is InChI=1S/C22H26FN3O5S/c1-22(2,3)31-21(28)24-12-13-25-32(29,30)19-9-5-8-18(15-19)26-20(27)11-10-16-6-4-7-17(23)14-16/h4-11,14-15,25H,12-13H2,1-3H3,(H,24,28)(H,26,27)/b11-10+. The Balaban J connectivity index is 1.91. The van der Waals surface area contributed by atoms with Crippen LogP contribution in [0.15, 0.2) is 59.5 Å². The summed E-state index contributed by atoms with van der Waals surface area (Å²) in [6, 6.07) is 11.4. The summed E-state index contributed by atoms with van der Waals surface area (Å²) in [5, 5.41) is 5.01. The molecule has 2 aromatic rings. The van der Waals surface area contributed by atoms with Gasteiger partial charge in [-0.2, -0.15) is 0 Å². The van der Waals surface area contributed by atoms with Gasteiger partial charge in [-0.3, -0.25) is 4.79 Å². The van der Waals surface area contributed by atoms with Crippen LogP contribution in [0.2, 0.25) is 0 Å². The van der Waals surface area contributed by atoms with Crippen molar-refractivity contribution in [3.05, 3.63) is 66.0 Å². The predicted molar refractivity (Wildman–Crippen MR) is 120 cm³/mol. The van der Waals surface area contributed by atoms with Crippen LogP contribution in [-0.2, 0) is 19.6 Å². The van der Waals surface area contributed by atoms with Gasteiger partial charge in [0.15, 0.2) is 0 Å². The number of hydrogen-bond donors (Lipinski definition) is 3. The van der Waals surface area contributed by atoms with E-state index in [0.717, 1.165) is 0 Å². The first kappa shape index (κ1) is 25.0. The fourth-order valence-corrected chi connectivity index (χ4v) is 3.53. The Labute approximate surface area is 186 Å². The van der Waals surface area contributed by atoms with Crippen molar-refractivity contribution in [2.24, 2.45) is 0 Å². The van der Waals surface area contributed by atoms with Crippen molar-refractivity contribution < 1.29 is 27.1 Å². The minimum absolute atomic E-state index is 0.0371. The van der Waals surface area contributed by atoms with Gasteiger partial charge in [0.25, 0.3) is 0 Å². The molecule has 0 heterocycles. The molecule has 2 rings (SSSR count). The van der Waals surface area contributed by atoms with Crippen molar-refractivity contribution in [3.8, 4) is 0 Å². The first-order valence-corrected chi connectivity index (χ1v) is 11.2. The Hall–Kier alpha value is -3.24. The fraction of sp³-hybridized carbons (Fsp3) is 0.273. The van der Waals surface area contributed by atoms with Crippen LogP contribution >= 0.6 is 0 Å². The highest BCUT2D eigenvalue weighted by molar-refractivity contribution is 7.89. The van der Waals surface area contributed by atoms with E-state index in [4.69, 9.17) is 4.74 Å². The Morgan fingerprint density at radius 2 is 1.78 bits per heavy atom. The molecular formula is C22H26FN3O5S. The van der Waals surface area contributed by atoms with E-state index in [2.05, 4.69) is 15.4 Å². The molecular weight excluding hydrogens is 437 g/mol. The number of anilines is 1. The largest absolute Gasteiger partial charge is 0.444 e. The molecule has 0 unspecified atom stereocenters. The van der Waals surface area contributed by atoms with Gasteiger partial charge in [0, 0.05) is 24.9 Å². The van der Waals surface area contributed by atoms with Gasteiger partial charge < -0.3 is 15.4 Å². The third-order valence-corrected chi connectivity index (χ3v) is 5.23. The van der Waals surface area contributed by atoms with Crippen molar-refractivity contribution in [1.82, 2.24) is 10.0 Å². The minimum atomic E-state index is -3.86. The Kier molecular flexibility index (Phi) is 8.50. The second-order valence-corrected chi connectivity index (χ2v) is 9.50. The maximum Gasteiger partial charge on any atom is 0.407 e. The maximum absolute atomic E-state index is 13.2. The van der Waals surface area contributed by atoms with Crippen LogP contribution < -0.4 is 15.4 Å². The highest BCUT2D eigenvalue weighted by Gasteiger charge is 2.17. The van der Waals surface area contributed by atoms with Crippen LogP contribution in [0.5, 0.6) is 0 Å². The van der Waals surface area contributed by atoms with Gasteiger partial charge in [-0.15, -0.1) is 0 Å². The zero-order chi connectivity index (χ0) is 23.8. The third kappa shape index (κ3) is 8.86. The number of benzene rings is 2. The summed E-state index contributed by atoms with van der Waals surface area (Å²) in [5.41, 5.74) is 0.135. The van der Waals surface area contributed by atoms with Gasteiger partial charge in [-0.05, 0) is 62.7 Å². The van der Waals surface area contributed by atoms with Crippen molar-refractivity contribution in [2.75, 3.05) is 18.4 Å². The molecule has 0 atom stereocenters. The summed E-state index contributed by atoms with van der Waals surface area (Å²) in [6.45, 7) is 5.15. The quantitative estimate of drug-likeness (QED) is 0.411. The smallest absolute Gasteiger partial charge is 0.407 e. The number of halogens is 1. The molecule has 0 aliphatic carbocycles. The molecule has 2 aromatic carbocycles. The number of hydrogen-bond acceptors (Lipinski definition) is 5. The highest BCUT2D eigenvalue weighted by Crippen LogP contribution is 2.15. The lowest BCUT2D eigenvalue weighted by molar-refractivity contribution is -0.111. The van der Waals surface area contributed by atoms with Crippen LogP contribution in [0.4, 0.5) is 14.9 Å². The first-order valence-electron chi connectivity index (χ1n) is 9.76. The van der Waals surface area contributed by atoms with E-state index in [9.17, 15) is 22.4 Å². The van der Waals surface area contributed by atoms with Gasteiger partial charge in [0.1, 0.15) is 11.4 Å². The van der Waals surface area contributed by atoms with E-state index in [-0.39, 0.29) is 23.7 Å². The zero-order valence-electron chi connectivity index (χ0n) is 18.0. The number of amides is 2. The number of ether oxygens (including phenoxy) is 1. The van der Waals surface area contributed by atoms with E-state index < -0.39 is 33.4 Å². The first-order chi connectivity index (χ1) is 14.9. The number of carbonyl (C=O) groups excluding carboxylic acids is 2. The summed E-state index contributed by atoms with van der Waals surface area (Å²) in [4.78, 5) is 23.6. The second kappa shape index (κ2) is 10.9. The molecule has 172 valence electrons. The fourth-order valence-electron chi connectivity index (χ4n) is 2.45.